The van der Waals surface area contributed by atoms with Gasteiger partial charge in [0.15, 0.2) is 0 Å². The zero-order valence-electron chi connectivity index (χ0n) is 33.2. The van der Waals surface area contributed by atoms with E-state index in [1.807, 2.05) is 24.3 Å². The van der Waals surface area contributed by atoms with Gasteiger partial charge in [0.05, 0.1) is 12.3 Å². The van der Waals surface area contributed by atoms with Gasteiger partial charge in [0, 0.05) is 107 Å². The van der Waals surface area contributed by atoms with Gasteiger partial charge in [-0.15, -0.1) is 0 Å². The molecule has 4 aromatic rings. The first-order valence-electron chi connectivity index (χ1n) is 20.4. The first-order chi connectivity index (χ1) is 28.0. The Labute approximate surface area is 338 Å². The van der Waals surface area contributed by atoms with E-state index in [0.29, 0.717) is 60.9 Å². The number of ether oxygens (including phenoxy) is 1. The zero-order chi connectivity index (χ0) is 40.5. The quantitative estimate of drug-likeness (QED) is 0.208. The van der Waals surface area contributed by atoms with Gasteiger partial charge in [0.2, 0.25) is 11.8 Å². The molecule has 5 aliphatic heterocycles. The molecule has 0 spiro atoms. The number of nitrogens with one attached hydrogen (secondary N) is 1. The third-order valence-corrected chi connectivity index (χ3v) is 12.5. The second-order valence-electron chi connectivity index (χ2n) is 16.4. The summed E-state index contributed by atoms with van der Waals surface area (Å²) in [6.07, 6.45) is 3.99. The van der Waals surface area contributed by atoms with Crippen molar-refractivity contribution in [1.82, 2.24) is 15.1 Å². The summed E-state index contributed by atoms with van der Waals surface area (Å²) in [5, 5.41) is 12.3. The van der Waals surface area contributed by atoms with Crippen LogP contribution in [-0.4, -0.2) is 92.1 Å². The molecule has 58 heavy (non-hydrogen) atoms. The second kappa shape index (κ2) is 16.8. The molecule has 5 aliphatic rings. The van der Waals surface area contributed by atoms with Crippen LogP contribution >= 0.6 is 0 Å². The lowest BCUT2D eigenvalue weighted by molar-refractivity contribution is -0.132. The number of carbonyl (C=O) groups excluding carboxylic acids is 3. The van der Waals surface area contributed by atoms with Gasteiger partial charge in [0.1, 0.15) is 23.1 Å². The molecular formula is C46H51F2N5O5. The standard InChI is InChI=1S/C41H44F2N4O3.C5H7NO2/c1-26-19-29(5-10-36(26)42)35-25-50-39-21-32(48)8-9-33(39)40(35)28-3-6-31(7-4-28)46-13-11-27(12-14-46)23-45-15-17-47(18-16-45)38-20-30-24-44(2)41(49)34(30)22-37(38)43;7-4-2-1-3-5(8)6-4/h3-10,19-22,27,35,40,48H,11-18,23-25H2,1-2H3;1-3H2,(H,6,7,8). The summed E-state index contributed by atoms with van der Waals surface area (Å²) in [6, 6.07) is 22.9. The zero-order valence-corrected chi connectivity index (χ0v) is 33.2. The molecule has 10 nitrogen and oxygen atoms in total. The number of nitrogens with zero attached hydrogens (tertiary/aromatic N) is 4. The van der Waals surface area contributed by atoms with Crippen molar-refractivity contribution in [3.8, 4) is 11.5 Å². The van der Waals surface area contributed by atoms with Gasteiger partial charge in [-0.2, -0.15) is 0 Å². The molecule has 3 fully saturated rings. The normalized spacial score (nSPS) is 21.2. The fraction of sp³-hybridized carbons (Fsp3) is 0.413. The number of phenols is 1. The second-order valence-corrected chi connectivity index (χ2v) is 16.4. The van der Waals surface area contributed by atoms with Gasteiger partial charge in [-0.25, -0.2) is 8.78 Å². The summed E-state index contributed by atoms with van der Waals surface area (Å²) in [5.41, 5.74) is 7.11. The van der Waals surface area contributed by atoms with Crippen LogP contribution in [0, 0.1) is 24.5 Å². The summed E-state index contributed by atoms with van der Waals surface area (Å²) >= 11 is 0. The number of fused-ring (bicyclic) bond motifs is 2. The number of rotatable bonds is 6. The van der Waals surface area contributed by atoms with E-state index >= 15 is 4.39 Å². The summed E-state index contributed by atoms with van der Waals surface area (Å²) in [7, 11) is 1.76. The molecule has 2 atom stereocenters. The Balaban J connectivity index is 0.000000526. The summed E-state index contributed by atoms with van der Waals surface area (Å²) in [5.74, 6) is 0.628. The predicted octanol–water partition coefficient (Wildman–Crippen LogP) is 6.72. The molecule has 9 rings (SSSR count). The molecule has 3 amide bonds. The number of hydrogen-bond donors (Lipinski definition) is 2. The third kappa shape index (κ3) is 8.39. The van der Waals surface area contributed by atoms with Crippen molar-refractivity contribution in [3.63, 3.8) is 0 Å². The Morgan fingerprint density at radius 3 is 2.17 bits per heavy atom. The van der Waals surface area contributed by atoms with Gasteiger partial charge in [-0.3, -0.25) is 24.6 Å². The molecule has 0 aromatic heterocycles. The Morgan fingerprint density at radius 2 is 1.50 bits per heavy atom. The SMILES string of the molecule is Cc1cc(C2COc3cc(O)ccc3C2c2ccc(N3CCC(CN4CCN(c5cc6c(cc5F)C(=O)N(C)C6)CC4)CC3)cc2)ccc1F.O=C1CCCC(=O)N1. The molecule has 4 aromatic carbocycles. The highest BCUT2D eigenvalue weighted by Crippen LogP contribution is 2.47. The minimum Gasteiger partial charge on any atom is -0.508 e. The summed E-state index contributed by atoms with van der Waals surface area (Å²) in [6.45, 7) is 9.24. The first-order valence-corrected chi connectivity index (χ1v) is 20.4. The molecule has 0 aliphatic carbocycles. The average Bonchev–Trinajstić information content (AvgIpc) is 3.50. The van der Waals surface area contributed by atoms with E-state index in [9.17, 15) is 23.9 Å². The summed E-state index contributed by atoms with van der Waals surface area (Å²) < 4.78 is 35.3. The molecule has 3 saturated heterocycles. The van der Waals surface area contributed by atoms with Gasteiger partial charge < -0.3 is 24.5 Å². The Hall–Kier alpha value is -5.49. The number of phenolic OH excluding ortho intramolecular Hbond substituents is 1. The third-order valence-electron chi connectivity index (χ3n) is 12.5. The van der Waals surface area contributed by atoms with E-state index in [1.165, 1.54) is 17.3 Å². The van der Waals surface area contributed by atoms with E-state index in [-0.39, 0.29) is 46.9 Å². The van der Waals surface area contributed by atoms with E-state index in [1.54, 1.807) is 37.1 Å². The monoisotopic (exact) mass is 791 g/mol. The molecule has 2 N–H and O–H groups in total. The van der Waals surface area contributed by atoms with Crippen LogP contribution in [0.25, 0.3) is 0 Å². The highest BCUT2D eigenvalue weighted by atomic mass is 19.1. The van der Waals surface area contributed by atoms with Crippen molar-refractivity contribution in [2.45, 2.75) is 57.4 Å². The predicted molar refractivity (Wildman–Crippen MR) is 219 cm³/mol. The number of hydrogen-bond acceptors (Lipinski definition) is 8. The lowest BCUT2D eigenvalue weighted by Crippen LogP contribution is -2.49. The van der Waals surface area contributed by atoms with Gasteiger partial charge in [0.25, 0.3) is 5.91 Å². The number of piperidine rings is 2. The number of carbonyl (C=O) groups is 3. The Bertz CT molecular complexity index is 2170. The molecule has 304 valence electrons. The maximum Gasteiger partial charge on any atom is 0.254 e. The lowest BCUT2D eigenvalue weighted by atomic mass is 9.75. The average molecular weight is 792 g/mol. The number of aryl methyl sites for hydroxylation is 1. The van der Waals surface area contributed by atoms with Crippen LogP contribution in [0.4, 0.5) is 20.2 Å². The van der Waals surface area contributed by atoms with Crippen molar-refractivity contribution in [2.24, 2.45) is 5.92 Å². The smallest absolute Gasteiger partial charge is 0.254 e. The number of piperazine rings is 1. The first kappa shape index (κ1) is 39.3. The molecule has 0 radical (unpaired) electrons. The summed E-state index contributed by atoms with van der Waals surface area (Å²) in [4.78, 5) is 41.7. The lowest BCUT2D eigenvalue weighted by Gasteiger charge is -2.40. The number of anilines is 2. The molecular weight excluding hydrogens is 741 g/mol. The molecule has 0 saturated carbocycles. The number of aromatic hydroxyl groups is 1. The van der Waals surface area contributed by atoms with Crippen molar-refractivity contribution in [2.75, 3.05) is 69.3 Å². The fourth-order valence-corrected chi connectivity index (χ4v) is 9.20. The Morgan fingerprint density at radius 1 is 0.793 bits per heavy atom. The van der Waals surface area contributed by atoms with E-state index < -0.39 is 0 Å². The van der Waals surface area contributed by atoms with Crippen LogP contribution < -0.4 is 19.9 Å². The van der Waals surface area contributed by atoms with Crippen LogP contribution in [0.15, 0.2) is 72.8 Å². The van der Waals surface area contributed by atoms with Gasteiger partial charge in [-0.05, 0) is 90.8 Å². The largest absolute Gasteiger partial charge is 0.508 e. The van der Waals surface area contributed by atoms with Gasteiger partial charge >= 0.3 is 0 Å². The van der Waals surface area contributed by atoms with Crippen molar-refractivity contribution >= 4 is 29.1 Å². The maximum atomic E-state index is 15.0. The molecule has 0 bridgehead atoms. The van der Waals surface area contributed by atoms with E-state index in [4.69, 9.17) is 4.74 Å². The number of imide groups is 1. The van der Waals surface area contributed by atoms with E-state index in [2.05, 4.69) is 44.3 Å². The van der Waals surface area contributed by atoms with Crippen molar-refractivity contribution in [3.05, 3.63) is 118 Å². The number of benzene rings is 4. The number of halogens is 2. The van der Waals surface area contributed by atoms with Crippen LogP contribution in [0.2, 0.25) is 0 Å². The van der Waals surface area contributed by atoms with Crippen LogP contribution in [0.1, 0.15) is 82.1 Å². The van der Waals surface area contributed by atoms with Crippen molar-refractivity contribution < 1.29 is 33.0 Å². The minimum absolute atomic E-state index is 0.00885. The van der Waals surface area contributed by atoms with Crippen LogP contribution in [0.5, 0.6) is 11.5 Å². The molecule has 12 heteroatoms. The number of amides is 3. The van der Waals surface area contributed by atoms with Crippen LogP contribution in [0.3, 0.4) is 0 Å². The van der Waals surface area contributed by atoms with E-state index in [0.717, 1.165) is 75.3 Å². The van der Waals surface area contributed by atoms with Crippen molar-refractivity contribution in [1.29, 1.82) is 0 Å². The van der Waals surface area contributed by atoms with Gasteiger partial charge in [-0.1, -0.05) is 30.3 Å². The highest BCUT2D eigenvalue weighted by Gasteiger charge is 2.35. The Kier molecular flexibility index (Phi) is 11.4. The maximum absolute atomic E-state index is 15.0. The molecule has 2 unspecified atom stereocenters. The van der Waals surface area contributed by atoms with Crippen LogP contribution in [-0.2, 0) is 16.1 Å². The highest BCUT2D eigenvalue weighted by molar-refractivity contribution is 5.99. The minimum atomic E-state index is -0.304. The molecule has 5 heterocycles. The topological polar surface area (TPSA) is 106 Å². The fourth-order valence-electron chi connectivity index (χ4n) is 9.20.